The summed E-state index contributed by atoms with van der Waals surface area (Å²) in [5.41, 5.74) is 1.28. The number of halogens is 1. The van der Waals surface area contributed by atoms with E-state index in [9.17, 15) is 4.79 Å². The normalized spacial score (nSPS) is 15.6. The average molecular weight is 357 g/mol. The Labute approximate surface area is 149 Å². The molecule has 0 saturated carbocycles. The molecule has 25 heavy (non-hydrogen) atoms. The zero-order valence-electron chi connectivity index (χ0n) is 13.5. The molecule has 0 amide bonds. The molecule has 3 aromatic heterocycles. The third-order valence-electron chi connectivity index (χ3n) is 4.27. The second-order valence-electron chi connectivity index (χ2n) is 5.97. The van der Waals surface area contributed by atoms with Crippen LogP contribution < -0.4 is 10.5 Å². The second-order valence-corrected chi connectivity index (χ2v) is 6.41. The molecule has 1 aliphatic rings. The van der Waals surface area contributed by atoms with Crippen molar-refractivity contribution in [1.82, 2.24) is 24.3 Å². The predicted octanol–water partition coefficient (Wildman–Crippen LogP) is 1.46. The van der Waals surface area contributed by atoms with Crippen LogP contribution in [0.4, 0.5) is 5.95 Å². The smallest absolute Gasteiger partial charge is 0.258 e. The number of hydrogen-bond donors (Lipinski definition) is 0. The molecule has 1 saturated heterocycles. The molecule has 1 fully saturated rings. The number of nitrogens with zero attached hydrogens (tertiary/aromatic N) is 6. The molecule has 1 aliphatic heterocycles. The Bertz CT molecular complexity index is 937. The van der Waals surface area contributed by atoms with Gasteiger partial charge >= 0.3 is 0 Å². The first-order chi connectivity index (χ1) is 12.2. The molecule has 0 atom stereocenters. The molecule has 0 aliphatic carbocycles. The van der Waals surface area contributed by atoms with Crippen molar-refractivity contribution in [2.24, 2.45) is 0 Å². The first kappa shape index (κ1) is 16.0. The molecule has 0 spiro atoms. The van der Waals surface area contributed by atoms with E-state index in [1.165, 1.54) is 4.40 Å². The van der Waals surface area contributed by atoms with Crippen molar-refractivity contribution in [3.63, 3.8) is 0 Å². The first-order valence-electron chi connectivity index (χ1n) is 8.11. The molecule has 128 valence electrons. The Hall–Kier alpha value is -2.51. The van der Waals surface area contributed by atoms with Crippen LogP contribution in [0.1, 0.15) is 5.69 Å². The lowest BCUT2D eigenvalue weighted by molar-refractivity contribution is 0.246. The number of rotatable bonds is 3. The molecule has 0 unspecified atom stereocenters. The zero-order valence-corrected chi connectivity index (χ0v) is 14.3. The molecule has 0 N–H and O–H groups in total. The molecule has 7 nitrogen and oxygen atoms in total. The van der Waals surface area contributed by atoms with Crippen molar-refractivity contribution in [2.75, 3.05) is 31.1 Å². The second kappa shape index (κ2) is 6.78. The van der Waals surface area contributed by atoms with Gasteiger partial charge in [0.1, 0.15) is 5.65 Å². The van der Waals surface area contributed by atoms with Crippen molar-refractivity contribution in [1.29, 1.82) is 0 Å². The van der Waals surface area contributed by atoms with E-state index in [-0.39, 0.29) is 5.56 Å². The van der Waals surface area contributed by atoms with Gasteiger partial charge in [0.25, 0.3) is 5.56 Å². The number of aromatic nitrogens is 4. The lowest BCUT2D eigenvalue weighted by Crippen LogP contribution is -2.46. The highest BCUT2D eigenvalue weighted by Gasteiger charge is 2.19. The summed E-state index contributed by atoms with van der Waals surface area (Å²) in [5, 5.41) is 0.517. The Morgan fingerprint density at radius 3 is 2.60 bits per heavy atom. The van der Waals surface area contributed by atoms with E-state index < -0.39 is 0 Å². The van der Waals surface area contributed by atoms with Crippen molar-refractivity contribution < 1.29 is 0 Å². The average Bonchev–Trinajstić information content (AvgIpc) is 2.64. The lowest BCUT2D eigenvalue weighted by atomic mass is 10.3. The zero-order chi connectivity index (χ0) is 17.2. The molecule has 0 bridgehead atoms. The Balaban J connectivity index is 1.46. The molecule has 0 aromatic carbocycles. The molecule has 0 radical (unpaired) electrons. The number of anilines is 1. The van der Waals surface area contributed by atoms with E-state index in [0.29, 0.717) is 17.2 Å². The summed E-state index contributed by atoms with van der Waals surface area (Å²) >= 11 is 5.94. The fraction of sp³-hybridized carbons (Fsp3) is 0.294. The van der Waals surface area contributed by atoms with Gasteiger partial charge in [0.05, 0.1) is 10.7 Å². The quantitative estimate of drug-likeness (QED) is 0.708. The van der Waals surface area contributed by atoms with Crippen LogP contribution in [0.3, 0.4) is 0 Å². The van der Waals surface area contributed by atoms with Gasteiger partial charge in [-0.1, -0.05) is 11.6 Å². The van der Waals surface area contributed by atoms with Gasteiger partial charge in [0, 0.05) is 57.4 Å². The number of fused-ring (bicyclic) bond motifs is 1. The van der Waals surface area contributed by atoms with Crippen LogP contribution in [-0.2, 0) is 6.54 Å². The highest BCUT2D eigenvalue weighted by molar-refractivity contribution is 6.30. The summed E-state index contributed by atoms with van der Waals surface area (Å²) < 4.78 is 1.47. The maximum absolute atomic E-state index is 12.3. The van der Waals surface area contributed by atoms with Crippen molar-refractivity contribution >= 4 is 23.2 Å². The van der Waals surface area contributed by atoms with Crippen LogP contribution in [0.5, 0.6) is 0 Å². The van der Waals surface area contributed by atoms with Crippen LogP contribution in [0.15, 0.2) is 47.7 Å². The van der Waals surface area contributed by atoms with Gasteiger partial charge in [0.15, 0.2) is 0 Å². The fourth-order valence-corrected chi connectivity index (χ4v) is 3.16. The van der Waals surface area contributed by atoms with E-state index in [2.05, 4.69) is 24.8 Å². The highest BCUT2D eigenvalue weighted by atomic mass is 35.5. The third-order valence-corrected chi connectivity index (χ3v) is 4.49. The first-order valence-corrected chi connectivity index (χ1v) is 8.49. The lowest BCUT2D eigenvalue weighted by Gasteiger charge is -2.34. The monoisotopic (exact) mass is 356 g/mol. The minimum atomic E-state index is -0.112. The van der Waals surface area contributed by atoms with E-state index in [1.54, 1.807) is 36.8 Å². The molecular formula is C17H17ClN6O. The number of piperazine rings is 1. The van der Waals surface area contributed by atoms with E-state index in [1.807, 2.05) is 6.07 Å². The minimum Gasteiger partial charge on any atom is -0.338 e. The molecule has 4 rings (SSSR count). The standard InChI is InChI=1S/C17H17ClN6O/c18-13-2-3-15-21-14(10-16(25)24(15)11-13)12-22-6-8-23(9-7-22)17-19-4-1-5-20-17/h1-5,10-11H,6-9,12H2. The van der Waals surface area contributed by atoms with Crippen LogP contribution in [0, 0.1) is 0 Å². The van der Waals surface area contributed by atoms with Gasteiger partial charge < -0.3 is 4.90 Å². The van der Waals surface area contributed by atoms with E-state index >= 15 is 0 Å². The van der Waals surface area contributed by atoms with Crippen LogP contribution in [-0.4, -0.2) is 50.4 Å². The number of hydrogen-bond acceptors (Lipinski definition) is 6. The van der Waals surface area contributed by atoms with Gasteiger partial charge in [0.2, 0.25) is 5.95 Å². The van der Waals surface area contributed by atoms with Gasteiger partial charge in [-0.15, -0.1) is 0 Å². The number of pyridine rings is 1. The maximum Gasteiger partial charge on any atom is 0.258 e. The van der Waals surface area contributed by atoms with Crippen LogP contribution in [0.2, 0.25) is 5.02 Å². The third kappa shape index (κ3) is 3.47. The Morgan fingerprint density at radius 1 is 1.08 bits per heavy atom. The maximum atomic E-state index is 12.3. The largest absolute Gasteiger partial charge is 0.338 e. The fourth-order valence-electron chi connectivity index (χ4n) is 3.00. The molecule has 4 heterocycles. The molecule has 8 heteroatoms. The predicted molar refractivity (Wildman–Crippen MR) is 96.0 cm³/mol. The SMILES string of the molecule is O=c1cc(CN2CCN(c3ncccn3)CC2)nc2ccc(Cl)cn12. The topological polar surface area (TPSA) is 66.6 Å². The summed E-state index contributed by atoms with van der Waals surface area (Å²) in [6.45, 7) is 4.11. The van der Waals surface area contributed by atoms with Crippen molar-refractivity contribution in [3.05, 3.63) is 63.9 Å². The summed E-state index contributed by atoms with van der Waals surface area (Å²) in [6, 6.07) is 6.90. The van der Waals surface area contributed by atoms with Gasteiger partial charge in [-0.25, -0.2) is 15.0 Å². The van der Waals surface area contributed by atoms with Crippen molar-refractivity contribution in [3.8, 4) is 0 Å². The molecular weight excluding hydrogens is 340 g/mol. The summed E-state index contributed by atoms with van der Waals surface area (Å²) in [5.74, 6) is 0.765. The van der Waals surface area contributed by atoms with Crippen LogP contribution >= 0.6 is 11.6 Å². The van der Waals surface area contributed by atoms with E-state index in [4.69, 9.17) is 11.6 Å². The minimum absolute atomic E-state index is 0.112. The molecule has 3 aromatic rings. The summed E-state index contributed by atoms with van der Waals surface area (Å²) in [7, 11) is 0. The Morgan fingerprint density at radius 2 is 1.84 bits per heavy atom. The summed E-state index contributed by atoms with van der Waals surface area (Å²) in [4.78, 5) is 29.9. The van der Waals surface area contributed by atoms with Gasteiger partial charge in [-0.3, -0.25) is 14.1 Å². The van der Waals surface area contributed by atoms with Crippen LogP contribution in [0.25, 0.3) is 5.65 Å². The summed E-state index contributed by atoms with van der Waals surface area (Å²) in [6.07, 6.45) is 5.11. The Kier molecular flexibility index (Phi) is 4.33. The van der Waals surface area contributed by atoms with E-state index in [0.717, 1.165) is 37.8 Å². The van der Waals surface area contributed by atoms with Gasteiger partial charge in [-0.2, -0.15) is 0 Å². The highest BCUT2D eigenvalue weighted by Crippen LogP contribution is 2.12. The van der Waals surface area contributed by atoms with Crippen molar-refractivity contribution in [2.45, 2.75) is 6.54 Å². The van der Waals surface area contributed by atoms with Gasteiger partial charge in [-0.05, 0) is 18.2 Å².